The zero-order valence-corrected chi connectivity index (χ0v) is 15.3. The smallest absolute Gasteiger partial charge is 0.206 e. The van der Waals surface area contributed by atoms with Crippen molar-refractivity contribution in [3.63, 3.8) is 0 Å². The highest BCUT2D eigenvalue weighted by Crippen LogP contribution is 2.57. The number of hydrogen-bond acceptors (Lipinski definition) is 4. The molecule has 0 spiro atoms. The molecule has 128 valence electrons. The third-order valence-electron chi connectivity index (χ3n) is 4.06. The van der Waals surface area contributed by atoms with Gasteiger partial charge in [0.1, 0.15) is 11.9 Å². The zero-order chi connectivity index (χ0) is 17.3. The molecule has 0 amide bonds. The van der Waals surface area contributed by atoms with Crippen LogP contribution in [0.5, 0.6) is 0 Å². The normalized spacial score (nSPS) is 21.9. The maximum atomic E-state index is 14.3. The van der Waals surface area contributed by atoms with Gasteiger partial charge in [-0.05, 0) is 46.8 Å². The van der Waals surface area contributed by atoms with E-state index in [1.54, 1.807) is 25.1 Å². The summed E-state index contributed by atoms with van der Waals surface area (Å²) in [5, 5.41) is 0.731. The number of hydrogen-bond donors (Lipinski definition) is 0. The molecule has 1 saturated heterocycles. The summed E-state index contributed by atoms with van der Waals surface area (Å²) < 4.78 is 26.3. The Hall–Kier alpha value is -0.840. The van der Waals surface area contributed by atoms with Gasteiger partial charge in [0.25, 0.3) is 0 Å². The summed E-state index contributed by atoms with van der Waals surface area (Å²) in [5.41, 5.74) is -0.352. The van der Waals surface area contributed by atoms with E-state index in [2.05, 4.69) is 4.89 Å². The molecule has 2 rings (SSSR count). The third-order valence-corrected chi connectivity index (χ3v) is 6.01. The van der Waals surface area contributed by atoms with Gasteiger partial charge in [-0.2, -0.15) is 0 Å². The minimum Gasteiger partial charge on any atom is -0.321 e. The Bertz CT molecular complexity index is 570. The maximum absolute atomic E-state index is 14.3. The molecule has 1 fully saturated rings. The predicted molar refractivity (Wildman–Crippen MR) is 89.9 cm³/mol. The summed E-state index contributed by atoms with van der Waals surface area (Å²) in [5.74, 6) is -0.319. The standard InChI is InChI=1S/C17H24FO4P/c1-12(20-19-6)7-8-13-9-10-14(11-15(13)18)23-21-16(2,3)17(4,5)22-23/h7-12H,1-6H3/b8-7+. The monoisotopic (exact) mass is 342 g/mol. The lowest BCUT2D eigenvalue weighted by molar-refractivity contribution is -0.289. The lowest BCUT2D eigenvalue weighted by Crippen LogP contribution is -2.41. The summed E-state index contributed by atoms with van der Waals surface area (Å²) in [7, 11) is 0.156. The van der Waals surface area contributed by atoms with E-state index >= 15 is 0 Å². The van der Waals surface area contributed by atoms with Crippen LogP contribution in [0.1, 0.15) is 40.2 Å². The van der Waals surface area contributed by atoms with Crippen LogP contribution < -0.4 is 5.30 Å². The van der Waals surface area contributed by atoms with Crippen LogP contribution in [0, 0.1) is 5.82 Å². The third kappa shape index (κ3) is 4.17. The van der Waals surface area contributed by atoms with Gasteiger partial charge in [-0.3, -0.25) is 0 Å². The Balaban J connectivity index is 2.14. The lowest BCUT2D eigenvalue weighted by atomic mass is 9.90. The van der Waals surface area contributed by atoms with Gasteiger partial charge in [0.05, 0.1) is 18.3 Å². The van der Waals surface area contributed by atoms with Crippen LogP contribution in [0.25, 0.3) is 6.08 Å². The van der Waals surface area contributed by atoms with Crippen molar-refractivity contribution >= 4 is 19.8 Å². The van der Waals surface area contributed by atoms with Crippen molar-refractivity contribution in [3.05, 3.63) is 35.7 Å². The second-order valence-electron chi connectivity index (χ2n) is 6.49. The molecule has 4 nitrogen and oxygen atoms in total. The van der Waals surface area contributed by atoms with E-state index in [1.165, 1.54) is 13.2 Å². The highest BCUT2D eigenvalue weighted by Gasteiger charge is 2.50. The minimum atomic E-state index is -1.28. The summed E-state index contributed by atoms with van der Waals surface area (Å²) in [6, 6.07) is 5.03. The van der Waals surface area contributed by atoms with Crippen molar-refractivity contribution in [2.24, 2.45) is 0 Å². The Kier molecular flexibility index (Phi) is 5.59. The molecular weight excluding hydrogens is 318 g/mol. The van der Waals surface area contributed by atoms with Crippen molar-refractivity contribution in [3.8, 4) is 0 Å². The number of benzene rings is 1. The molecule has 0 aromatic heterocycles. The van der Waals surface area contributed by atoms with Crippen molar-refractivity contribution in [1.82, 2.24) is 0 Å². The predicted octanol–water partition coefficient (Wildman–Crippen LogP) is 4.35. The molecule has 0 saturated carbocycles. The second kappa shape index (κ2) is 6.96. The average Bonchev–Trinajstić information content (AvgIpc) is 2.66. The average molecular weight is 342 g/mol. The molecule has 6 heteroatoms. The van der Waals surface area contributed by atoms with Gasteiger partial charge in [-0.25, -0.2) is 14.2 Å². The lowest BCUT2D eigenvalue weighted by Gasteiger charge is -2.29. The number of rotatable bonds is 5. The van der Waals surface area contributed by atoms with Crippen LogP contribution in [-0.2, 0) is 18.8 Å². The van der Waals surface area contributed by atoms with Crippen LogP contribution in [-0.4, -0.2) is 24.4 Å². The van der Waals surface area contributed by atoms with Gasteiger partial charge in [-0.1, -0.05) is 18.2 Å². The molecule has 1 aromatic carbocycles. The fraction of sp³-hybridized carbons (Fsp3) is 0.529. The van der Waals surface area contributed by atoms with E-state index in [1.807, 2.05) is 33.8 Å². The quantitative estimate of drug-likeness (QED) is 0.453. The SMILES string of the molecule is COOC(C)/C=C/c1ccc(P2OC(C)(C)C(C)(C)O2)cc1F. The highest BCUT2D eigenvalue weighted by atomic mass is 31.2. The highest BCUT2D eigenvalue weighted by molar-refractivity contribution is 7.56. The molecular formula is C17H24FO4P. The zero-order valence-electron chi connectivity index (χ0n) is 14.4. The van der Waals surface area contributed by atoms with E-state index in [4.69, 9.17) is 13.9 Å². The Labute approximate surface area is 138 Å². The molecule has 0 bridgehead atoms. The fourth-order valence-electron chi connectivity index (χ4n) is 1.95. The Morgan fingerprint density at radius 2 is 1.78 bits per heavy atom. The van der Waals surface area contributed by atoms with Crippen molar-refractivity contribution < 1.29 is 23.2 Å². The molecule has 0 N–H and O–H groups in total. The van der Waals surface area contributed by atoms with Crippen LogP contribution in [0.4, 0.5) is 4.39 Å². The first-order chi connectivity index (χ1) is 10.7. The first-order valence-electron chi connectivity index (χ1n) is 7.52. The summed E-state index contributed by atoms with van der Waals surface area (Å²) in [6.07, 6.45) is 3.13. The first-order valence-corrected chi connectivity index (χ1v) is 8.69. The van der Waals surface area contributed by atoms with Gasteiger partial charge >= 0.3 is 0 Å². The van der Waals surface area contributed by atoms with Crippen LogP contribution >= 0.6 is 8.38 Å². The summed E-state index contributed by atoms with van der Waals surface area (Å²) in [4.78, 5) is 9.48. The second-order valence-corrected chi connectivity index (χ2v) is 7.89. The molecule has 1 aliphatic rings. The molecule has 23 heavy (non-hydrogen) atoms. The van der Waals surface area contributed by atoms with Gasteiger partial charge < -0.3 is 9.05 Å². The maximum Gasteiger partial charge on any atom is 0.206 e. The van der Waals surface area contributed by atoms with Gasteiger partial charge in [0.15, 0.2) is 0 Å². The Morgan fingerprint density at radius 3 is 2.30 bits per heavy atom. The van der Waals surface area contributed by atoms with Crippen molar-refractivity contribution in [2.75, 3.05) is 7.11 Å². The molecule has 1 aliphatic heterocycles. The molecule has 1 aromatic rings. The van der Waals surface area contributed by atoms with Gasteiger partial charge in [0, 0.05) is 10.9 Å². The minimum absolute atomic E-state index is 0.258. The Morgan fingerprint density at radius 1 is 1.17 bits per heavy atom. The summed E-state index contributed by atoms with van der Waals surface area (Å²) in [6.45, 7) is 9.75. The molecule has 1 atom stereocenters. The van der Waals surface area contributed by atoms with E-state index in [-0.39, 0.29) is 11.9 Å². The molecule has 0 aliphatic carbocycles. The largest absolute Gasteiger partial charge is 0.321 e. The van der Waals surface area contributed by atoms with Crippen LogP contribution in [0.15, 0.2) is 24.3 Å². The van der Waals surface area contributed by atoms with Gasteiger partial charge in [0.2, 0.25) is 8.38 Å². The van der Waals surface area contributed by atoms with E-state index < -0.39 is 19.6 Å². The van der Waals surface area contributed by atoms with E-state index in [0.29, 0.717) is 5.56 Å². The fourth-order valence-corrected chi connectivity index (χ4v) is 3.88. The van der Waals surface area contributed by atoms with E-state index in [0.717, 1.165) is 5.30 Å². The topological polar surface area (TPSA) is 36.9 Å². The molecule has 1 heterocycles. The van der Waals surface area contributed by atoms with Crippen molar-refractivity contribution in [1.29, 1.82) is 0 Å². The first kappa shape index (κ1) is 18.5. The van der Waals surface area contributed by atoms with Crippen LogP contribution in [0.3, 0.4) is 0 Å². The molecule has 1 unspecified atom stereocenters. The van der Waals surface area contributed by atoms with Crippen LogP contribution in [0.2, 0.25) is 0 Å². The molecule has 0 radical (unpaired) electrons. The van der Waals surface area contributed by atoms with Crippen molar-refractivity contribution in [2.45, 2.75) is 51.9 Å². The van der Waals surface area contributed by atoms with E-state index in [9.17, 15) is 4.39 Å². The van der Waals surface area contributed by atoms with Gasteiger partial charge in [-0.15, -0.1) is 0 Å². The summed E-state index contributed by atoms with van der Waals surface area (Å²) >= 11 is 0. The number of halogens is 1.